The van der Waals surface area contributed by atoms with Crippen LogP contribution in [0, 0.1) is 17.8 Å². The van der Waals surface area contributed by atoms with E-state index in [-0.39, 0.29) is 0 Å². The number of rotatable bonds is 21. The number of nitrogens with zero attached hydrogens (tertiary/aromatic N) is 6. The Hall–Kier alpha value is -2.88. The lowest BCUT2D eigenvalue weighted by atomic mass is 9.79. The molecular weight excluding hydrogens is 745 g/mol. The van der Waals surface area contributed by atoms with E-state index in [0.29, 0.717) is 37.6 Å². The van der Waals surface area contributed by atoms with Gasteiger partial charge in [0.1, 0.15) is 17.5 Å². The van der Waals surface area contributed by atoms with Crippen molar-refractivity contribution in [3.8, 4) is 0 Å². The zero-order chi connectivity index (χ0) is 42.6. The highest BCUT2D eigenvalue weighted by Crippen LogP contribution is 2.38. The van der Waals surface area contributed by atoms with E-state index in [9.17, 15) is 0 Å². The van der Waals surface area contributed by atoms with Gasteiger partial charge in [0.15, 0.2) is 0 Å². The summed E-state index contributed by atoms with van der Waals surface area (Å²) in [5.41, 5.74) is 3.22. The molecule has 9 heteroatoms. The number of hydrogen-bond donors (Lipinski definition) is 0. The van der Waals surface area contributed by atoms with E-state index in [0.717, 1.165) is 71.6 Å². The number of hydrogen-bond acceptors (Lipinski definition) is 9. The van der Waals surface area contributed by atoms with Crippen LogP contribution in [-0.4, -0.2) is 50.2 Å². The van der Waals surface area contributed by atoms with E-state index >= 15 is 0 Å². The first kappa shape index (κ1) is 49.8. The second-order valence-corrected chi connectivity index (χ2v) is 18.1. The normalized spacial score (nSPS) is 22.9. The minimum Gasteiger partial charge on any atom is -0.380 e. The van der Waals surface area contributed by atoms with Gasteiger partial charge in [0.05, 0.1) is 19.8 Å². The number of methoxy groups -OCH3 is 1. The van der Waals surface area contributed by atoms with Crippen molar-refractivity contribution < 1.29 is 14.2 Å². The van der Waals surface area contributed by atoms with E-state index in [2.05, 4.69) is 57.6 Å². The van der Waals surface area contributed by atoms with E-state index in [1.54, 1.807) is 7.11 Å². The van der Waals surface area contributed by atoms with Crippen molar-refractivity contribution >= 4 is 0 Å². The van der Waals surface area contributed by atoms with Gasteiger partial charge >= 0.3 is 0 Å². The van der Waals surface area contributed by atoms with Gasteiger partial charge < -0.3 is 14.2 Å². The molecule has 3 aliphatic rings. The Kier molecular flexibility index (Phi) is 25.1. The smallest absolute Gasteiger partial charge is 0.131 e. The molecule has 0 radical (unpaired) electrons. The molecule has 3 aromatic heterocycles. The summed E-state index contributed by atoms with van der Waals surface area (Å²) in [7, 11) is 1.70. The van der Waals surface area contributed by atoms with Gasteiger partial charge in [0.2, 0.25) is 0 Å². The zero-order valence-corrected chi connectivity index (χ0v) is 38.9. The van der Waals surface area contributed by atoms with Crippen molar-refractivity contribution in [3.63, 3.8) is 0 Å². The molecule has 9 nitrogen and oxygen atoms in total. The van der Waals surface area contributed by atoms with Crippen LogP contribution >= 0.6 is 0 Å². The monoisotopic (exact) mass is 829 g/mol. The van der Waals surface area contributed by atoms with Gasteiger partial charge in [0, 0.05) is 91.9 Å². The minimum atomic E-state index is 0.577. The Morgan fingerprint density at radius 2 is 0.733 bits per heavy atom. The highest BCUT2D eigenvalue weighted by Gasteiger charge is 2.26. The molecule has 3 aromatic rings. The summed E-state index contributed by atoms with van der Waals surface area (Å²) in [6.07, 6.45) is 40.7. The molecule has 0 spiro atoms. The van der Waals surface area contributed by atoms with E-state index in [1.165, 1.54) is 135 Å². The maximum absolute atomic E-state index is 5.53. The average Bonchev–Trinajstić information content (AvgIpc) is 3.31. The fourth-order valence-corrected chi connectivity index (χ4v) is 9.28. The predicted molar refractivity (Wildman–Crippen MR) is 245 cm³/mol. The number of ether oxygens (including phenoxy) is 3. The van der Waals surface area contributed by atoms with Crippen molar-refractivity contribution in [2.75, 3.05) is 20.3 Å². The third-order valence-electron chi connectivity index (χ3n) is 13.1. The van der Waals surface area contributed by atoms with Crippen LogP contribution in [-0.2, 0) is 34.0 Å². The molecule has 0 aliphatic heterocycles. The maximum atomic E-state index is 5.53. The van der Waals surface area contributed by atoms with Crippen LogP contribution in [0.25, 0.3) is 0 Å². The summed E-state index contributed by atoms with van der Waals surface area (Å²) in [4.78, 5) is 27.3. The SMILES string of the molecule is CCCCC1CCC(c2ncc(COC)cn2)CC1.CCCCC1CCC(c2ncc(COCC)cn2)CC1.CCCCC1CCC(c2ncc(COCCC)cn2)CC1. The first-order chi connectivity index (χ1) is 29.5. The molecule has 0 saturated heterocycles. The van der Waals surface area contributed by atoms with Gasteiger partial charge in [0.25, 0.3) is 0 Å². The molecule has 0 N–H and O–H groups in total. The van der Waals surface area contributed by atoms with Crippen LogP contribution in [0.5, 0.6) is 0 Å². The van der Waals surface area contributed by atoms with Gasteiger partial charge in [-0.1, -0.05) is 85.5 Å². The fourth-order valence-electron chi connectivity index (χ4n) is 9.28. The van der Waals surface area contributed by atoms with Gasteiger partial charge in [-0.25, -0.2) is 29.9 Å². The topological polar surface area (TPSA) is 105 Å². The molecule has 3 heterocycles. The largest absolute Gasteiger partial charge is 0.380 e. The van der Waals surface area contributed by atoms with Crippen LogP contribution in [0.1, 0.15) is 228 Å². The standard InChI is InChI=1S/C18H30N2O.C17H28N2O.C16H26N2O/c1-3-5-6-15-7-9-17(10-8-15)18-19-12-16(13-20-18)14-21-11-4-2;1-3-5-6-14-7-9-16(10-8-14)17-18-11-15(12-19-17)13-20-4-2;1-3-4-5-13-6-8-15(9-7-13)16-17-10-14(11-18-16)12-19-2/h12-13,15,17H,3-11,14H2,1-2H3;11-12,14,16H,3-10,13H2,1-2H3;10-11,13,15H,3-9,12H2,1-2H3. The number of aromatic nitrogens is 6. The molecule has 0 atom stereocenters. The highest BCUT2D eigenvalue weighted by atomic mass is 16.5. The predicted octanol–water partition coefficient (Wildman–Crippen LogP) is 13.4. The maximum Gasteiger partial charge on any atom is 0.131 e. The van der Waals surface area contributed by atoms with Crippen LogP contribution in [0.4, 0.5) is 0 Å². The first-order valence-corrected chi connectivity index (χ1v) is 24.6. The molecule has 0 bridgehead atoms. The van der Waals surface area contributed by atoms with E-state index < -0.39 is 0 Å². The zero-order valence-electron chi connectivity index (χ0n) is 38.9. The first-order valence-electron chi connectivity index (χ1n) is 24.6. The molecule has 3 aliphatic carbocycles. The summed E-state index contributed by atoms with van der Waals surface area (Å²) < 4.78 is 16.0. The highest BCUT2D eigenvalue weighted by molar-refractivity contribution is 5.09. The summed E-state index contributed by atoms with van der Waals surface area (Å²) in [5, 5.41) is 0. The van der Waals surface area contributed by atoms with Gasteiger partial charge in [-0.2, -0.15) is 0 Å². The van der Waals surface area contributed by atoms with Crippen molar-refractivity contribution in [2.45, 2.75) is 213 Å². The lowest BCUT2D eigenvalue weighted by Gasteiger charge is -2.27. The molecular formula is C51H84N6O3. The Balaban J connectivity index is 0.000000199. The molecule has 0 aromatic carbocycles. The summed E-state index contributed by atoms with van der Waals surface area (Å²) in [5.74, 6) is 7.70. The third kappa shape index (κ3) is 18.6. The second-order valence-electron chi connectivity index (χ2n) is 18.1. The third-order valence-corrected chi connectivity index (χ3v) is 13.1. The van der Waals surface area contributed by atoms with Crippen molar-refractivity contribution in [1.82, 2.24) is 29.9 Å². The summed E-state index contributed by atoms with van der Waals surface area (Å²) >= 11 is 0. The molecule has 6 rings (SSSR count). The molecule has 336 valence electrons. The Labute approximate surface area is 365 Å². The fraction of sp³-hybridized carbons (Fsp3) is 0.765. The molecule has 60 heavy (non-hydrogen) atoms. The van der Waals surface area contributed by atoms with Crippen molar-refractivity contribution in [1.29, 1.82) is 0 Å². The second kappa shape index (κ2) is 30.2. The molecule has 3 saturated carbocycles. The van der Waals surface area contributed by atoms with E-state index in [4.69, 9.17) is 14.2 Å². The minimum absolute atomic E-state index is 0.577. The van der Waals surface area contributed by atoms with Crippen molar-refractivity contribution in [2.24, 2.45) is 17.8 Å². The summed E-state index contributed by atoms with van der Waals surface area (Å²) in [6, 6.07) is 0. The Morgan fingerprint density at radius 1 is 0.417 bits per heavy atom. The van der Waals surface area contributed by atoms with E-state index in [1.807, 2.05) is 44.1 Å². The van der Waals surface area contributed by atoms with Gasteiger partial charge in [-0.3, -0.25) is 0 Å². The Bertz CT molecular complexity index is 1470. The lowest BCUT2D eigenvalue weighted by Crippen LogP contribution is -2.15. The van der Waals surface area contributed by atoms with Crippen LogP contribution in [0.2, 0.25) is 0 Å². The lowest BCUT2D eigenvalue weighted by molar-refractivity contribution is 0.121. The van der Waals surface area contributed by atoms with Gasteiger partial charge in [-0.15, -0.1) is 0 Å². The van der Waals surface area contributed by atoms with Gasteiger partial charge in [-0.05, 0) is 108 Å². The number of unbranched alkanes of at least 4 members (excludes halogenated alkanes) is 3. The molecule has 3 fully saturated rings. The van der Waals surface area contributed by atoms with Crippen LogP contribution < -0.4 is 0 Å². The quantitative estimate of drug-likeness (QED) is 0.0970. The molecule has 0 unspecified atom stereocenters. The molecule has 0 amide bonds. The summed E-state index contributed by atoms with van der Waals surface area (Å²) in [6.45, 7) is 14.4. The average molecular weight is 829 g/mol. The van der Waals surface area contributed by atoms with Crippen molar-refractivity contribution in [3.05, 3.63) is 71.3 Å². The van der Waals surface area contributed by atoms with Crippen LogP contribution in [0.15, 0.2) is 37.2 Å². The Morgan fingerprint density at radius 3 is 1.02 bits per heavy atom. The van der Waals surface area contributed by atoms with Crippen LogP contribution in [0.3, 0.4) is 0 Å².